The van der Waals surface area contributed by atoms with Crippen LogP contribution in [0.3, 0.4) is 0 Å². The van der Waals surface area contributed by atoms with Crippen LogP contribution in [0.5, 0.6) is 0 Å². The Morgan fingerprint density at radius 3 is 2.00 bits per heavy atom. The lowest BCUT2D eigenvalue weighted by Gasteiger charge is -1.99. The maximum absolute atomic E-state index is 2.41. The fraction of sp³-hybridized carbons (Fsp3) is 0.643. The third-order valence-electron chi connectivity index (χ3n) is 2.66. The molecule has 0 amide bonds. The van der Waals surface area contributed by atoms with Gasteiger partial charge in [0.05, 0.1) is 0 Å². The van der Waals surface area contributed by atoms with Gasteiger partial charge in [-0.15, -0.1) is 0 Å². The fourth-order valence-corrected chi connectivity index (χ4v) is 1.75. The van der Waals surface area contributed by atoms with Gasteiger partial charge in [0.15, 0.2) is 0 Å². The summed E-state index contributed by atoms with van der Waals surface area (Å²) >= 11 is 0. The van der Waals surface area contributed by atoms with Gasteiger partial charge in [0.1, 0.15) is 0 Å². The van der Waals surface area contributed by atoms with Crippen LogP contribution in [0.1, 0.15) is 57.8 Å². The predicted molar refractivity (Wildman–Crippen MR) is 64.1 cm³/mol. The maximum Gasteiger partial charge on any atom is -0.0319 e. The first kappa shape index (κ1) is 11.6. The van der Waals surface area contributed by atoms with Crippen LogP contribution in [0.2, 0.25) is 0 Å². The lowest BCUT2D eigenvalue weighted by Crippen LogP contribution is -1.80. The average molecular weight is 191 g/mol. The molecule has 0 heteroatoms. The molecule has 0 aliphatic heterocycles. The zero-order valence-corrected chi connectivity index (χ0v) is 9.25. The Balaban J connectivity index is 2.16. The van der Waals surface area contributed by atoms with Crippen LogP contribution in [0.15, 0.2) is 24.3 Å². The molecule has 0 saturated carbocycles. The predicted octanol–water partition coefficient (Wildman–Crippen LogP) is 4.83. The molecule has 0 fully saturated rings. The van der Waals surface area contributed by atoms with E-state index in [-0.39, 0.29) is 0 Å². The summed E-state index contributed by atoms with van der Waals surface area (Å²) < 4.78 is 0. The summed E-state index contributed by atoms with van der Waals surface area (Å²) in [7, 11) is 0. The maximum atomic E-state index is 2.41. The molecule has 0 atom stereocenters. The molecule has 79 valence electrons. The molecule has 1 radical (unpaired) electrons. The molecule has 0 aromatic carbocycles. The lowest BCUT2D eigenvalue weighted by molar-refractivity contribution is 0.674. The smallest absolute Gasteiger partial charge is 0.0319 e. The second-order valence-electron chi connectivity index (χ2n) is 4.04. The molecule has 0 spiro atoms. The first-order chi connectivity index (χ1) is 7.00. The Labute approximate surface area is 89.1 Å². The highest BCUT2D eigenvalue weighted by molar-refractivity contribution is 4.89. The lowest BCUT2D eigenvalue weighted by atomic mass is 10.1. The Bertz CT molecular complexity index is 147. The number of rotatable bonds is 0. The van der Waals surface area contributed by atoms with Gasteiger partial charge < -0.3 is 0 Å². The van der Waals surface area contributed by atoms with Crippen molar-refractivity contribution in [1.29, 1.82) is 0 Å². The van der Waals surface area contributed by atoms with E-state index in [4.69, 9.17) is 0 Å². The summed E-state index contributed by atoms with van der Waals surface area (Å²) in [5.74, 6) is 0. The van der Waals surface area contributed by atoms with Crippen molar-refractivity contribution in [2.45, 2.75) is 57.8 Å². The average Bonchev–Trinajstić information content (AvgIpc) is 2.22. The van der Waals surface area contributed by atoms with Gasteiger partial charge in [-0.2, -0.15) is 0 Å². The molecule has 0 saturated heterocycles. The minimum absolute atomic E-state index is 1.18. The molecule has 14 heavy (non-hydrogen) atoms. The van der Waals surface area contributed by atoms with Gasteiger partial charge in [0.2, 0.25) is 0 Å². The van der Waals surface area contributed by atoms with Crippen LogP contribution in [0.25, 0.3) is 0 Å². The molecule has 0 aromatic heterocycles. The largest absolute Gasteiger partial charge is 0.0885 e. The van der Waals surface area contributed by atoms with E-state index in [1.165, 1.54) is 57.8 Å². The fourth-order valence-electron chi connectivity index (χ4n) is 1.75. The first-order valence-electron chi connectivity index (χ1n) is 6.12. The quantitative estimate of drug-likeness (QED) is 0.481. The molecular formula is C14H23. The van der Waals surface area contributed by atoms with E-state index in [2.05, 4.69) is 30.7 Å². The Kier molecular flexibility index (Phi) is 7.47. The van der Waals surface area contributed by atoms with Gasteiger partial charge in [-0.25, -0.2) is 0 Å². The first-order valence-corrected chi connectivity index (χ1v) is 6.12. The zero-order chi connectivity index (χ0) is 9.90. The van der Waals surface area contributed by atoms with E-state index in [1.807, 2.05) is 0 Å². The van der Waals surface area contributed by atoms with Crippen LogP contribution in [0.4, 0.5) is 0 Å². The topological polar surface area (TPSA) is 0 Å². The zero-order valence-electron chi connectivity index (χ0n) is 9.25. The third kappa shape index (κ3) is 6.94. The van der Waals surface area contributed by atoms with Crippen LogP contribution < -0.4 is 0 Å². The van der Waals surface area contributed by atoms with Crippen molar-refractivity contribution in [3.63, 3.8) is 0 Å². The van der Waals surface area contributed by atoms with Crippen molar-refractivity contribution in [1.82, 2.24) is 0 Å². The van der Waals surface area contributed by atoms with E-state index in [0.29, 0.717) is 0 Å². The number of hydrogen-bond donors (Lipinski definition) is 0. The molecule has 1 aliphatic carbocycles. The second kappa shape index (κ2) is 9.05. The van der Waals surface area contributed by atoms with Crippen LogP contribution >= 0.6 is 0 Å². The molecule has 1 aliphatic rings. The van der Waals surface area contributed by atoms with E-state index < -0.39 is 0 Å². The van der Waals surface area contributed by atoms with Gasteiger partial charge in [0.25, 0.3) is 0 Å². The van der Waals surface area contributed by atoms with E-state index in [9.17, 15) is 0 Å². The summed E-state index contributed by atoms with van der Waals surface area (Å²) in [6, 6.07) is 0. The second-order valence-corrected chi connectivity index (χ2v) is 4.04. The normalized spacial score (nSPS) is 21.7. The summed E-state index contributed by atoms with van der Waals surface area (Å²) in [6.45, 7) is 0. The van der Waals surface area contributed by atoms with E-state index >= 15 is 0 Å². The summed E-state index contributed by atoms with van der Waals surface area (Å²) in [5, 5.41) is 0. The highest BCUT2D eigenvalue weighted by Crippen LogP contribution is 2.09. The van der Waals surface area contributed by atoms with Gasteiger partial charge >= 0.3 is 0 Å². The van der Waals surface area contributed by atoms with Gasteiger partial charge in [0, 0.05) is 0 Å². The van der Waals surface area contributed by atoms with Crippen LogP contribution in [-0.4, -0.2) is 0 Å². The molecule has 0 bridgehead atoms. The summed E-state index contributed by atoms with van der Waals surface area (Å²) in [5.41, 5.74) is 0. The van der Waals surface area contributed by atoms with Gasteiger partial charge in [-0.3, -0.25) is 0 Å². The molecule has 0 unspecified atom stereocenters. The Morgan fingerprint density at radius 2 is 1.14 bits per heavy atom. The number of hydrogen-bond acceptors (Lipinski definition) is 0. The molecule has 0 aromatic rings. The van der Waals surface area contributed by atoms with Crippen LogP contribution in [-0.2, 0) is 0 Å². The third-order valence-corrected chi connectivity index (χ3v) is 2.66. The standard InChI is InChI=1S/C14H23/c1-2-4-6-8-10-12-14-13-11-9-7-5-3-1/h1-2,5,10,12H,3-4,6-9,11,13-14H2. The molecule has 0 N–H and O–H groups in total. The van der Waals surface area contributed by atoms with E-state index in [0.717, 1.165) is 0 Å². The summed E-state index contributed by atoms with van der Waals surface area (Å²) in [4.78, 5) is 0. The van der Waals surface area contributed by atoms with Crippen molar-refractivity contribution < 1.29 is 0 Å². The Morgan fingerprint density at radius 1 is 0.500 bits per heavy atom. The Hall–Kier alpha value is -0.520. The molecular weight excluding hydrogens is 168 g/mol. The van der Waals surface area contributed by atoms with Crippen molar-refractivity contribution in [3.05, 3.63) is 30.7 Å². The molecule has 0 nitrogen and oxygen atoms in total. The SMILES string of the molecule is [CH]1CC=CCCCC=CCCCCC1. The monoisotopic (exact) mass is 191 g/mol. The number of allylic oxidation sites excluding steroid dienone is 4. The van der Waals surface area contributed by atoms with Crippen molar-refractivity contribution in [2.24, 2.45) is 0 Å². The summed E-state index contributed by atoms with van der Waals surface area (Å²) in [6.07, 6.45) is 23.5. The molecule has 1 rings (SSSR count). The van der Waals surface area contributed by atoms with Crippen LogP contribution in [0, 0.1) is 6.42 Å². The van der Waals surface area contributed by atoms with Crippen molar-refractivity contribution in [2.75, 3.05) is 0 Å². The van der Waals surface area contributed by atoms with Gasteiger partial charge in [-0.05, 0) is 51.4 Å². The van der Waals surface area contributed by atoms with E-state index in [1.54, 1.807) is 0 Å². The van der Waals surface area contributed by atoms with Crippen molar-refractivity contribution >= 4 is 0 Å². The minimum atomic E-state index is 1.18. The highest BCUT2D eigenvalue weighted by Gasteiger charge is 1.90. The minimum Gasteiger partial charge on any atom is -0.0885 e. The van der Waals surface area contributed by atoms with Gasteiger partial charge in [-0.1, -0.05) is 37.1 Å². The molecule has 0 heterocycles. The highest BCUT2D eigenvalue weighted by atomic mass is 14.0. The van der Waals surface area contributed by atoms with Crippen molar-refractivity contribution in [3.8, 4) is 0 Å².